The Labute approximate surface area is 53.4 Å². The summed E-state index contributed by atoms with van der Waals surface area (Å²) in [5, 5.41) is 6.33. The maximum atomic E-state index is 3.08. The number of nitrogens with one attached hydrogen (secondary N) is 1. The molecule has 0 aliphatic carbocycles. The van der Waals surface area contributed by atoms with Crippen LogP contribution in [0.3, 0.4) is 0 Å². The van der Waals surface area contributed by atoms with Crippen molar-refractivity contribution in [3.63, 3.8) is 0 Å². The van der Waals surface area contributed by atoms with Gasteiger partial charge in [-0.05, 0) is 24.4 Å². The van der Waals surface area contributed by atoms with E-state index in [0.717, 1.165) is 0 Å². The Morgan fingerprint density at radius 2 is 2.62 bits per heavy atom. The number of anilines is 1. The number of hydrogen-bond acceptors (Lipinski definition) is 2. The Kier molecular flexibility index (Phi) is 1.92. The summed E-state index contributed by atoms with van der Waals surface area (Å²) < 4.78 is 0. The Hall–Kier alpha value is -0.500. The fourth-order valence-electron chi connectivity index (χ4n) is 0.503. The summed E-state index contributed by atoms with van der Waals surface area (Å²) in [6, 6.07) is 4.07. The molecule has 0 amide bonds. The SMILES string of the molecule is C[CH]Nc1cccs1. The summed E-state index contributed by atoms with van der Waals surface area (Å²) in [6.07, 6.45) is 0. The molecule has 0 bridgehead atoms. The minimum absolute atomic E-state index is 1.20. The van der Waals surface area contributed by atoms with Crippen molar-refractivity contribution in [3.05, 3.63) is 24.1 Å². The zero-order valence-corrected chi connectivity index (χ0v) is 5.53. The molecule has 1 nitrogen and oxygen atoms in total. The van der Waals surface area contributed by atoms with Crippen LogP contribution in [0.15, 0.2) is 17.5 Å². The van der Waals surface area contributed by atoms with Crippen LogP contribution in [-0.4, -0.2) is 0 Å². The molecular weight excluding hydrogens is 118 g/mol. The van der Waals surface area contributed by atoms with Crippen molar-refractivity contribution < 1.29 is 0 Å². The van der Waals surface area contributed by atoms with E-state index >= 15 is 0 Å². The first kappa shape index (κ1) is 5.63. The van der Waals surface area contributed by atoms with Gasteiger partial charge in [0.2, 0.25) is 0 Å². The van der Waals surface area contributed by atoms with Crippen LogP contribution in [0.5, 0.6) is 0 Å². The van der Waals surface area contributed by atoms with Crippen LogP contribution < -0.4 is 5.32 Å². The summed E-state index contributed by atoms with van der Waals surface area (Å²) in [7, 11) is 0. The lowest BCUT2D eigenvalue weighted by Gasteiger charge is -1.92. The van der Waals surface area contributed by atoms with Crippen LogP contribution in [0, 0.1) is 6.54 Å². The van der Waals surface area contributed by atoms with Gasteiger partial charge in [-0.2, -0.15) is 0 Å². The van der Waals surface area contributed by atoms with Crippen molar-refractivity contribution in [1.82, 2.24) is 0 Å². The first-order valence-electron chi connectivity index (χ1n) is 2.51. The molecule has 0 fully saturated rings. The highest BCUT2D eigenvalue weighted by Gasteiger charge is 1.84. The Morgan fingerprint density at radius 3 is 3.12 bits per heavy atom. The minimum Gasteiger partial charge on any atom is -0.372 e. The van der Waals surface area contributed by atoms with Crippen LogP contribution in [0.1, 0.15) is 6.92 Å². The number of thiophene rings is 1. The van der Waals surface area contributed by atoms with E-state index < -0.39 is 0 Å². The summed E-state index contributed by atoms with van der Waals surface area (Å²) in [5.74, 6) is 0. The number of rotatable bonds is 2. The second-order valence-electron chi connectivity index (χ2n) is 1.41. The summed E-state index contributed by atoms with van der Waals surface area (Å²) in [6.45, 7) is 3.89. The van der Waals surface area contributed by atoms with Gasteiger partial charge in [0.05, 0.1) is 5.00 Å². The van der Waals surface area contributed by atoms with Gasteiger partial charge in [-0.3, -0.25) is 0 Å². The van der Waals surface area contributed by atoms with E-state index in [9.17, 15) is 0 Å². The zero-order valence-electron chi connectivity index (χ0n) is 4.72. The lowest BCUT2D eigenvalue weighted by Crippen LogP contribution is -1.84. The van der Waals surface area contributed by atoms with E-state index in [4.69, 9.17) is 0 Å². The van der Waals surface area contributed by atoms with Gasteiger partial charge in [-0.15, -0.1) is 11.3 Å². The fraction of sp³-hybridized carbons (Fsp3) is 0.167. The third-order valence-electron chi connectivity index (χ3n) is 0.808. The average Bonchev–Trinajstić information content (AvgIpc) is 2.19. The van der Waals surface area contributed by atoms with Crippen LogP contribution in [0.2, 0.25) is 0 Å². The molecule has 0 saturated heterocycles. The zero-order chi connectivity index (χ0) is 5.82. The van der Waals surface area contributed by atoms with Gasteiger partial charge >= 0.3 is 0 Å². The molecule has 0 spiro atoms. The highest BCUT2D eigenvalue weighted by Crippen LogP contribution is 2.14. The van der Waals surface area contributed by atoms with E-state index in [-0.39, 0.29) is 0 Å². The van der Waals surface area contributed by atoms with E-state index in [1.165, 1.54) is 5.00 Å². The highest BCUT2D eigenvalue weighted by atomic mass is 32.1. The van der Waals surface area contributed by atoms with Gasteiger partial charge in [0.25, 0.3) is 0 Å². The van der Waals surface area contributed by atoms with Gasteiger partial charge in [0, 0.05) is 6.54 Å². The number of hydrogen-bond donors (Lipinski definition) is 1. The Morgan fingerprint density at radius 1 is 1.75 bits per heavy atom. The quantitative estimate of drug-likeness (QED) is 0.641. The van der Waals surface area contributed by atoms with Gasteiger partial charge < -0.3 is 5.32 Å². The standard InChI is InChI=1S/C6H8NS/c1-2-7-6-4-3-5-8-6/h2-5,7H,1H3. The normalized spacial score (nSPS) is 9.12. The summed E-state index contributed by atoms with van der Waals surface area (Å²) in [5.41, 5.74) is 0. The van der Waals surface area contributed by atoms with Crippen molar-refractivity contribution in [3.8, 4) is 0 Å². The second-order valence-corrected chi connectivity index (χ2v) is 2.36. The maximum absolute atomic E-state index is 3.08. The van der Waals surface area contributed by atoms with Crippen molar-refractivity contribution in [2.24, 2.45) is 0 Å². The smallest absolute Gasteiger partial charge is 0.0885 e. The molecule has 1 aromatic heterocycles. The predicted molar refractivity (Wildman–Crippen MR) is 37.9 cm³/mol. The van der Waals surface area contributed by atoms with E-state index in [0.29, 0.717) is 0 Å². The molecule has 43 valence electrons. The first-order chi connectivity index (χ1) is 3.93. The molecular formula is C6H8NS. The molecule has 0 atom stereocenters. The van der Waals surface area contributed by atoms with Crippen LogP contribution in [0.4, 0.5) is 5.00 Å². The van der Waals surface area contributed by atoms with Crippen molar-refractivity contribution >= 4 is 16.3 Å². The third-order valence-corrected chi connectivity index (χ3v) is 1.61. The Balaban J connectivity index is 2.50. The van der Waals surface area contributed by atoms with Crippen LogP contribution in [0.25, 0.3) is 0 Å². The average molecular weight is 126 g/mol. The van der Waals surface area contributed by atoms with Crippen molar-refractivity contribution in [1.29, 1.82) is 0 Å². The van der Waals surface area contributed by atoms with Gasteiger partial charge in [-0.1, -0.05) is 0 Å². The molecule has 8 heavy (non-hydrogen) atoms. The fourth-order valence-corrected chi connectivity index (χ4v) is 1.15. The predicted octanol–water partition coefficient (Wildman–Crippen LogP) is 2.34. The lowest BCUT2D eigenvalue weighted by atomic mass is 10.6. The van der Waals surface area contributed by atoms with E-state index in [1.54, 1.807) is 11.3 Å². The Bertz CT molecular complexity index is 134. The monoisotopic (exact) mass is 126 g/mol. The highest BCUT2D eigenvalue weighted by molar-refractivity contribution is 7.14. The molecule has 1 N–H and O–H groups in total. The lowest BCUT2D eigenvalue weighted by molar-refractivity contribution is 1.42. The molecule has 1 aromatic rings. The van der Waals surface area contributed by atoms with Crippen molar-refractivity contribution in [2.45, 2.75) is 6.92 Å². The second kappa shape index (κ2) is 2.72. The van der Waals surface area contributed by atoms with Crippen LogP contribution in [-0.2, 0) is 0 Å². The topological polar surface area (TPSA) is 12.0 Å². The summed E-state index contributed by atoms with van der Waals surface area (Å²) >= 11 is 1.71. The molecule has 0 unspecified atom stereocenters. The largest absolute Gasteiger partial charge is 0.372 e. The van der Waals surface area contributed by atoms with Gasteiger partial charge in [-0.25, -0.2) is 0 Å². The molecule has 1 rings (SSSR count). The van der Waals surface area contributed by atoms with Gasteiger partial charge in [0.1, 0.15) is 0 Å². The molecule has 1 heterocycles. The van der Waals surface area contributed by atoms with Gasteiger partial charge in [0.15, 0.2) is 0 Å². The minimum atomic E-state index is 1.20. The molecule has 0 aliphatic heterocycles. The third kappa shape index (κ3) is 1.23. The molecule has 0 aromatic carbocycles. The molecule has 0 aliphatic rings. The van der Waals surface area contributed by atoms with Crippen molar-refractivity contribution in [2.75, 3.05) is 5.32 Å². The van der Waals surface area contributed by atoms with E-state index in [1.807, 2.05) is 31.0 Å². The van der Waals surface area contributed by atoms with Crippen LogP contribution >= 0.6 is 11.3 Å². The maximum Gasteiger partial charge on any atom is 0.0885 e. The first-order valence-corrected chi connectivity index (χ1v) is 3.39. The summed E-state index contributed by atoms with van der Waals surface area (Å²) in [4.78, 5) is 0. The van der Waals surface area contributed by atoms with E-state index in [2.05, 4.69) is 5.32 Å². The molecule has 1 radical (unpaired) electrons. The molecule has 2 heteroatoms. The molecule has 0 saturated carbocycles.